The monoisotopic (exact) mass is 315 g/mol. The molecule has 0 aromatic heterocycles. The van der Waals surface area contributed by atoms with Gasteiger partial charge in [-0.3, -0.25) is 10.1 Å². The third-order valence-corrected chi connectivity index (χ3v) is 4.22. The van der Waals surface area contributed by atoms with Crippen LogP contribution in [0.1, 0.15) is 5.56 Å². The summed E-state index contributed by atoms with van der Waals surface area (Å²) in [5.74, 6) is -0.202. The van der Waals surface area contributed by atoms with Crippen LogP contribution >= 0.6 is 0 Å². The van der Waals surface area contributed by atoms with Crippen molar-refractivity contribution in [2.75, 3.05) is 36.0 Å². The predicted molar refractivity (Wildman–Crippen MR) is 88.7 cm³/mol. The maximum atomic E-state index is 13.8. The lowest BCUT2D eigenvalue weighted by Gasteiger charge is -2.37. The number of nitro benzene ring substituents is 1. The van der Waals surface area contributed by atoms with E-state index in [9.17, 15) is 14.5 Å². The van der Waals surface area contributed by atoms with Gasteiger partial charge in [-0.15, -0.1) is 0 Å². The molecule has 23 heavy (non-hydrogen) atoms. The van der Waals surface area contributed by atoms with E-state index < -0.39 is 0 Å². The fourth-order valence-corrected chi connectivity index (χ4v) is 2.95. The van der Waals surface area contributed by atoms with Gasteiger partial charge in [0.25, 0.3) is 5.69 Å². The summed E-state index contributed by atoms with van der Waals surface area (Å²) in [5, 5.41) is 10.9. The molecule has 0 spiro atoms. The van der Waals surface area contributed by atoms with Crippen molar-refractivity contribution in [3.8, 4) is 0 Å². The van der Waals surface area contributed by atoms with Crippen molar-refractivity contribution in [2.45, 2.75) is 6.92 Å². The average Bonchev–Trinajstić information content (AvgIpc) is 2.55. The van der Waals surface area contributed by atoms with Crippen molar-refractivity contribution in [1.82, 2.24) is 0 Å². The lowest BCUT2D eigenvalue weighted by Crippen LogP contribution is -2.46. The van der Waals surface area contributed by atoms with E-state index in [1.165, 1.54) is 6.07 Å². The SMILES string of the molecule is Cc1cc(N2CCN(c3ccccc3F)CC2)ccc1[N+](=O)[O-]. The first-order valence-electron chi connectivity index (χ1n) is 7.56. The molecule has 1 aliphatic rings. The summed E-state index contributed by atoms with van der Waals surface area (Å²) in [7, 11) is 0. The summed E-state index contributed by atoms with van der Waals surface area (Å²) in [6.07, 6.45) is 0. The van der Waals surface area contributed by atoms with Crippen molar-refractivity contribution < 1.29 is 9.31 Å². The molecule has 1 fully saturated rings. The summed E-state index contributed by atoms with van der Waals surface area (Å²) in [5.41, 5.74) is 2.40. The zero-order valence-corrected chi connectivity index (χ0v) is 12.9. The summed E-state index contributed by atoms with van der Waals surface area (Å²) in [4.78, 5) is 14.7. The Balaban J connectivity index is 1.71. The van der Waals surface area contributed by atoms with Crippen molar-refractivity contribution >= 4 is 17.1 Å². The lowest BCUT2D eigenvalue weighted by atomic mass is 10.1. The highest BCUT2D eigenvalue weighted by atomic mass is 19.1. The number of hydrogen-bond donors (Lipinski definition) is 0. The molecule has 0 radical (unpaired) electrons. The zero-order valence-electron chi connectivity index (χ0n) is 12.9. The molecule has 3 rings (SSSR count). The zero-order chi connectivity index (χ0) is 16.4. The molecule has 0 aliphatic carbocycles. The minimum atomic E-state index is -0.366. The maximum Gasteiger partial charge on any atom is 0.272 e. The Bertz CT molecular complexity index is 728. The van der Waals surface area contributed by atoms with Crippen LogP contribution in [0.25, 0.3) is 0 Å². The average molecular weight is 315 g/mol. The van der Waals surface area contributed by atoms with Crippen molar-refractivity contribution in [2.24, 2.45) is 0 Å². The molecule has 2 aromatic carbocycles. The molecule has 0 saturated carbocycles. The maximum absolute atomic E-state index is 13.8. The number of halogens is 1. The highest BCUT2D eigenvalue weighted by Crippen LogP contribution is 2.26. The lowest BCUT2D eigenvalue weighted by molar-refractivity contribution is -0.385. The van der Waals surface area contributed by atoms with Crippen molar-refractivity contribution in [3.63, 3.8) is 0 Å². The number of benzene rings is 2. The molecule has 0 N–H and O–H groups in total. The largest absolute Gasteiger partial charge is 0.368 e. The van der Waals surface area contributed by atoms with Crippen LogP contribution in [-0.4, -0.2) is 31.1 Å². The quantitative estimate of drug-likeness (QED) is 0.643. The van der Waals surface area contributed by atoms with E-state index in [1.54, 1.807) is 31.2 Å². The molecule has 0 amide bonds. The molecule has 1 saturated heterocycles. The molecule has 6 heteroatoms. The van der Waals surface area contributed by atoms with Crippen LogP contribution in [0.4, 0.5) is 21.5 Å². The van der Waals surface area contributed by atoms with E-state index in [2.05, 4.69) is 4.90 Å². The smallest absolute Gasteiger partial charge is 0.272 e. The highest BCUT2D eigenvalue weighted by molar-refractivity contribution is 5.57. The number of nitrogens with zero attached hydrogens (tertiary/aromatic N) is 3. The van der Waals surface area contributed by atoms with E-state index >= 15 is 0 Å². The molecule has 1 heterocycles. The first-order chi connectivity index (χ1) is 11.1. The second-order valence-electron chi connectivity index (χ2n) is 5.65. The van der Waals surface area contributed by atoms with Crippen LogP contribution in [0.3, 0.4) is 0 Å². The van der Waals surface area contributed by atoms with Gasteiger partial charge in [-0.05, 0) is 31.2 Å². The normalized spacial score (nSPS) is 14.9. The Kier molecular flexibility index (Phi) is 4.14. The van der Waals surface area contributed by atoms with Crippen molar-refractivity contribution in [3.05, 3.63) is 64.0 Å². The Labute approximate surface area is 134 Å². The number of hydrogen-bond acceptors (Lipinski definition) is 4. The van der Waals surface area contributed by atoms with Gasteiger partial charge in [-0.1, -0.05) is 12.1 Å². The molecular weight excluding hydrogens is 297 g/mol. The summed E-state index contributed by atoms with van der Waals surface area (Å²) in [6.45, 7) is 4.70. The third kappa shape index (κ3) is 3.11. The Morgan fingerprint density at radius 1 is 1.04 bits per heavy atom. The van der Waals surface area contributed by atoms with Crippen LogP contribution < -0.4 is 9.80 Å². The molecule has 0 bridgehead atoms. The number of aryl methyl sites for hydroxylation is 1. The van der Waals surface area contributed by atoms with Gasteiger partial charge in [0.1, 0.15) is 5.82 Å². The first kappa shape index (κ1) is 15.3. The van der Waals surface area contributed by atoms with Gasteiger partial charge in [-0.25, -0.2) is 4.39 Å². The van der Waals surface area contributed by atoms with Gasteiger partial charge in [0.05, 0.1) is 10.6 Å². The van der Waals surface area contributed by atoms with Crippen LogP contribution in [0.15, 0.2) is 42.5 Å². The van der Waals surface area contributed by atoms with Gasteiger partial charge < -0.3 is 9.80 Å². The summed E-state index contributed by atoms with van der Waals surface area (Å²) in [6, 6.07) is 12.0. The second-order valence-corrected chi connectivity index (χ2v) is 5.65. The number of anilines is 2. The van der Waals surface area contributed by atoms with E-state index in [0.717, 1.165) is 31.9 Å². The van der Waals surface area contributed by atoms with Gasteiger partial charge in [0.15, 0.2) is 0 Å². The van der Waals surface area contributed by atoms with Gasteiger partial charge in [-0.2, -0.15) is 0 Å². The minimum Gasteiger partial charge on any atom is -0.368 e. The topological polar surface area (TPSA) is 49.6 Å². The summed E-state index contributed by atoms with van der Waals surface area (Å²) < 4.78 is 13.8. The third-order valence-electron chi connectivity index (χ3n) is 4.22. The standard InChI is InChI=1S/C17H18FN3O2/c1-13-12-14(6-7-16(13)21(22)23)19-8-10-20(11-9-19)17-5-3-2-4-15(17)18/h2-7,12H,8-11H2,1H3. The van der Waals surface area contributed by atoms with Gasteiger partial charge in [0.2, 0.25) is 0 Å². The van der Waals surface area contributed by atoms with Gasteiger partial charge in [0, 0.05) is 43.5 Å². The fraction of sp³-hybridized carbons (Fsp3) is 0.294. The van der Waals surface area contributed by atoms with Crippen LogP contribution in [-0.2, 0) is 0 Å². The van der Waals surface area contributed by atoms with Gasteiger partial charge >= 0.3 is 0 Å². The van der Waals surface area contributed by atoms with Crippen LogP contribution in [0.5, 0.6) is 0 Å². The van der Waals surface area contributed by atoms with E-state index in [-0.39, 0.29) is 16.4 Å². The van der Waals surface area contributed by atoms with Crippen molar-refractivity contribution in [1.29, 1.82) is 0 Å². The molecular formula is C17H18FN3O2. The van der Waals surface area contributed by atoms with E-state index in [4.69, 9.17) is 0 Å². The fourth-order valence-electron chi connectivity index (χ4n) is 2.95. The molecule has 120 valence electrons. The molecule has 5 nitrogen and oxygen atoms in total. The van der Waals surface area contributed by atoms with E-state index in [1.807, 2.05) is 17.0 Å². The number of nitro groups is 1. The van der Waals surface area contributed by atoms with E-state index in [0.29, 0.717) is 11.3 Å². The first-order valence-corrected chi connectivity index (χ1v) is 7.56. The minimum absolute atomic E-state index is 0.138. The Morgan fingerprint density at radius 2 is 1.70 bits per heavy atom. The molecule has 0 unspecified atom stereocenters. The second kappa shape index (κ2) is 6.24. The molecule has 0 atom stereocenters. The van der Waals surface area contributed by atoms with Crippen LogP contribution in [0.2, 0.25) is 0 Å². The highest BCUT2D eigenvalue weighted by Gasteiger charge is 2.20. The Hall–Kier alpha value is -2.63. The Morgan fingerprint density at radius 3 is 2.30 bits per heavy atom. The molecule has 2 aromatic rings. The molecule has 1 aliphatic heterocycles. The number of para-hydroxylation sites is 1. The van der Waals surface area contributed by atoms with Crippen LogP contribution in [0, 0.1) is 22.9 Å². The predicted octanol–water partition coefficient (Wildman–Crippen LogP) is 3.37. The number of piperazine rings is 1. The number of rotatable bonds is 3. The summed E-state index contributed by atoms with van der Waals surface area (Å²) >= 11 is 0.